The van der Waals surface area contributed by atoms with Crippen molar-refractivity contribution in [2.24, 2.45) is 5.10 Å². The van der Waals surface area contributed by atoms with Gasteiger partial charge in [-0.05, 0) is 36.8 Å². The summed E-state index contributed by atoms with van der Waals surface area (Å²) in [7, 11) is 3.92. The predicted octanol–water partition coefficient (Wildman–Crippen LogP) is 1.35. The van der Waals surface area contributed by atoms with Gasteiger partial charge in [0.1, 0.15) is 5.82 Å². The third-order valence-electron chi connectivity index (χ3n) is 4.03. The van der Waals surface area contributed by atoms with Gasteiger partial charge in [0.2, 0.25) is 0 Å². The second kappa shape index (κ2) is 8.34. The highest BCUT2D eigenvalue weighted by atomic mass is 16.7. The number of carbonyl (C=O) groups is 1. The van der Waals surface area contributed by atoms with E-state index < -0.39 is 5.91 Å². The largest absolute Gasteiger partial charge is 0.399 e. The number of benzene rings is 2. The quantitative estimate of drug-likeness (QED) is 0.516. The lowest BCUT2D eigenvalue weighted by Gasteiger charge is -2.11. The van der Waals surface area contributed by atoms with Crippen LogP contribution in [0.5, 0.6) is 0 Å². The molecule has 0 spiro atoms. The fraction of sp³-hybridized carbons (Fsp3) is 0.200. The molecule has 1 heterocycles. The summed E-state index contributed by atoms with van der Waals surface area (Å²) >= 11 is 0. The van der Waals surface area contributed by atoms with Crippen LogP contribution in [0.2, 0.25) is 0 Å². The highest BCUT2D eigenvalue weighted by Gasteiger charge is 2.10. The molecule has 1 amide bonds. The monoisotopic (exact) mass is 379 g/mol. The Morgan fingerprint density at radius 2 is 1.93 bits per heavy atom. The van der Waals surface area contributed by atoms with Gasteiger partial charge in [0, 0.05) is 19.8 Å². The Labute approximate surface area is 162 Å². The van der Waals surface area contributed by atoms with Crippen LogP contribution in [0.4, 0.5) is 5.69 Å². The van der Waals surface area contributed by atoms with Crippen LogP contribution >= 0.6 is 0 Å². The molecule has 1 aromatic heterocycles. The molecular weight excluding hydrogens is 358 g/mol. The minimum absolute atomic E-state index is 0.361. The zero-order valence-electron chi connectivity index (χ0n) is 15.9. The maximum absolute atomic E-state index is 12.5. The molecule has 3 aromatic rings. The molecule has 1 N–H and O–H groups in total. The molecule has 8 nitrogen and oxygen atoms in total. The van der Waals surface area contributed by atoms with Crippen LogP contribution < -0.4 is 20.7 Å². The number of anilines is 1. The molecule has 0 atom stereocenters. The number of hydrogen-bond donors (Lipinski definition) is 1. The zero-order valence-corrected chi connectivity index (χ0v) is 15.9. The molecule has 0 fully saturated rings. The summed E-state index contributed by atoms with van der Waals surface area (Å²) in [6, 6.07) is 14.7. The number of nitrogens with zero attached hydrogens (tertiary/aromatic N) is 4. The van der Waals surface area contributed by atoms with E-state index in [9.17, 15) is 9.59 Å². The maximum atomic E-state index is 12.5. The zero-order chi connectivity index (χ0) is 20.1. The second-order valence-electron chi connectivity index (χ2n) is 6.33. The first-order valence-corrected chi connectivity index (χ1v) is 8.66. The minimum Gasteiger partial charge on any atom is -0.399 e. The molecule has 2 aromatic carbocycles. The molecule has 8 heteroatoms. The average molecular weight is 379 g/mol. The van der Waals surface area contributed by atoms with E-state index in [4.69, 9.17) is 4.84 Å². The lowest BCUT2D eigenvalue weighted by atomic mass is 10.2. The number of hydrazone groups is 1. The SMILES string of the molecule is Cc1nc2ccccc2c(=O)n1OCC(=O)NN=Cc1ccc(N(C)C)cc1. The van der Waals surface area contributed by atoms with Crippen molar-refractivity contribution in [3.63, 3.8) is 0 Å². The number of rotatable bonds is 6. The standard InChI is InChI=1S/C20H21N5O3/c1-14-22-18-7-5-4-6-17(18)20(27)25(14)28-13-19(26)23-21-12-15-8-10-16(11-9-15)24(2)3/h4-12H,13H2,1-3H3,(H,23,26). The summed E-state index contributed by atoms with van der Waals surface area (Å²) in [5.41, 5.74) is 4.51. The normalized spacial score (nSPS) is 11.0. The molecule has 0 radical (unpaired) electrons. The van der Waals surface area contributed by atoms with E-state index in [1.807, 2.05) is 43.3 Å². The first-order chi connectivity index (χ1) is 13.5. The summed E-state index contributed by atoms with van der Waals surface area (Å²) in [4.78, 5) is 36.0. The summed E-state index contributed by atoms with van der Waals surface area (Å²) < 4.78 is 1.02. The Morgan fingerprint density at radius 1 is 1.21 bits per heavy atom. The number of fused-ring (bicyclic) bond motifs is 1. The van der Waals surface area contributed by atoms with Crippen LogP contribution in [-0.2, 0) is 4.79 Å². The lowest BCUT2D eigenvalue weighted by Crippen LogP contribution is -2.35. The van der Waals surface area contributed by atoms with Crippen molar-refractivity contribution in [2.75, 3.05) is 25.6 Å². The van der Waals surface area contributed by atoms with E-state index in [0.717, 1.165) is 16.0 Å². The fourth-order valence-electron chi connectivity index (χ4n) is 2.57. The number of amides is 1. The van der Waals surface area contributed by atoms with Gasteiger partial charge in [-0.3, -0.25) is 9.59 Å². The lowest BCUT2D eigenvalue weighted by molar-refractivity contribution is -0.126. The van der Waals surface area contributed by atoms with E-state index in [1.165, 1.54) is 6.21 Å². The van der Waals surface area contributed by atoms with Gasteiger partial charge in [0.25, 0.3) is 11.5 Å². The molecule has 3 rings (SSSR count). The maximum Gasteiger partial charge on any atom is 0.294 e. The van der Waals surface area contributed by atoms with Gasteiger partial charge in [-0.1, -0.05) is 24.3 Å². The Morgan fingerprint density at radius 3 is 2.64 bits per heavy atom. The second-order valence-corrected chi connectivity index (χ2v) is 6.33. The van der Waals surface area contributed by atoms with Crippen LogP contribution in [0.1, 0.15) is 11.4 Å². The fourth-order valence-corrected chi connectivity index (χ4v) is 2.57. The summed E-state index contributed by atoms with van der Waals surface area (Å²) in [5.74, 6) is -0.124. The smallest absolute Gasteiger partial charge is 0.294 e. The highest BCUT2D eigenvalue weighted by molar-refractivity contribution is 5.83. The van der Waals surface area contributed by atoms with Crippen molar-refractivity contribution in [1.29, 1.82) is 0 Å². The van der Waals surface area contributed by atoms with Crippen LogP contribution in [0.15, 0.2) is 58.4 Å². The first kappa shape index (κ1) is 19.1. The van der Waals surface area contributed by atoms with Crippen LogP contribution in [-0.4, -0.2) is 42.5 Å². The number of aryl methyl sites for hydroxylation is 1. The molecule has 0 aliphatic heterocycles. The van der Waals surface area contributed by atoms with Crippen molar-refractivity contribution in [2.45, 2.75) is 6.92 Å². The Kier molecular flexibility index (Phi) is 5.69. The summed E-state index contributed by atoms with van der Waals surface area (Å²) in [5, 5.41) is 4.33. The Balaban J connectivity index is 1.60. The van der Waals surface area contributed by atoms with E-state index in [0.29, 0.717) is 16.7 Å². The molecule has 144 valence electrons. The van der Waals surface area contributed by atoms with Gasteiger partial charge in [-0.15, -0.1) is 4.73 Å². The molecule has 0 aliphatic rings. The third-order valence-corrected chi connectivity index (χ3v) is 4.03. The van der Waals surface area contributed by atoms with Gasteiger partial charge in [0.05, 0.1) is 17.1 Å². The number of carbonyl (C=O) groups excluding carboxylic acids is 1. The summed E-state index contributed by atoms with van der Waals surface area (Å²) in [6.07, 6.45) is 1.53. The van der Waals surface area contributed by atoms with Crippen molar-refractivity contribution < 1.29 is 9.63 Å². The van der Waals surface area contributed by atoms with Crippen molar-refractivity contribution in [3.8, 4) is 0 Å². The molecule has 0 saturated carbocycles. The third kappa shape index (κ3) is 4.35. The van der Waals surface area contributed by atoms with Crippen LogP contribution in [0.3, 0.4) is 0 Å². The number of hydrogen-bond acceptors (Lipinski definition) is 6. The predicted molar refractivity (Wildman–Crippen MR) is 109 cm³/mol. The number of nitrogens with one attached hydrogen (secondary N) is 1. The van der Waals surface area contributed by atoms with Gasteiger partial charge in [0.15, 0.2) is 6.61 Å². The molecule has 0 unspecified atom stereocenters. The molecule has 28 heavy (non-hydrogen) atoms. The van der Waals surface area contributed by atoms with E-state index in [-0.39, 0.29) is 12.2 Å². The van der Waals surface area contributed by atoms with Crippen LogP contribution in [0.25, 0.3) is 10.9 Å². The minimum atomic E-state index is -0.486. The van der Waals surface area contributed by atoms with Gasteiger partial charge < -0.3 is 9.74 Å². The topological polar surface area (TPSA) is 88.8 Å². The molecule has 0 aliphatic carbocycles. The Hall–Kier alpha value is -3.68. The highest BCUT2D eigenvalue weighted by Crippen LogP contribution is 2.10. The van der Waals surface area contributed by atoms with Gasteiger partial charge >= 0.3 is 0 Å². The number of para-hydroxylation sites is 1. The molecular formula is C20H21N5O3. The molecule has 0 saturated heterocycles. The van der Waals surface area contributed by atoms with Crippen LogP contribution in [0, 0.1) is 6.92 Å². The molecule has 0 bridgehead atoms. The van der Waals surface area contributed by atoms with Crippen molar-refractivity contribution in [3.05, 3.63) is 70.3 Å². The van der Waals surface area contributed by atoms with Crippen molar-refractivity contribution >= 4 is 28.7 Å². The van der Waals surface area contributed by atoms with E-state index >= 15 is 0 Å². The first-order valence-electron chi connectivity index (χ1n) is 8.66. The van der Waals surface area contributed by atoms with E-state index in [1.54, 1.807) is 31.2 Å². The van der Waals surface area contributed by atoms with Gasteiger partial charge in [-0.2, -0.15) is 5.10 Å². The average Bonchev–Trinajstić information content (AvgIpc) is 2.68. The Bertz CT molecular complexity index is 1070. The number of aromatic nitrogens is 2. The van der Waals surface area contributed by atoms with Gasteiger partial charge in [-0.25, -0.2) is 10.4 Å². The summed E-state index contributed by atoms with van der Waals surface area (Å²) in [6.45, 7) is 1.28. The van der Waals surface area contributed by atoms with Crippen molar-refractivity contribution in [1.82, 2.24) is 15.1 Å². The van der Waals surface area contributed by atoms with E-state index in [2.05, 4.69) is 15.5 Å².